The first kappa shape index (κ1) is 30.0. The number of hydrogen-bond acceptors (Lipinski definition) is 5. The second kappa shape index (κ2) is 11.9. The fourth-order valence-corrected chi connectivity index (χ4v) is 4.94. The average molecular weight is 579 g/mol. The van der Waals surface area contributed by atoms with Crippen LogP contribution in [0.4, 0.5) is 5.69 Å². The maximum atomic E-state index is 13.6. The van der Waals surface area contributed by atoms with Gasteiger partial charge in [0.1, 0.15) is 18.3 Å². The monoisotopic (exact) mass is 577 g/mol. The Balaban J connectivity index is 2.49. The van der Waals surface area contributed by atoms with E-state index in [1.54, 1.807) is 25.1 Å². The Labute approximate surface area is 227 Å². The number of nitrogens with zero attached hydrogens (tertiary/aromatic N) is 2. The Bertz CT molecular complexity index is 1210. The molecule has 0 aliphatic rings. The topological polar surface area (TPSA) is 96.0 Å². The van der Waals surface area contributed by atoms with Crippen LogP contribution in [0.1, 0.15) is 33.3 Å². The van der Waals surface area contributed by atoms with E-state index < -0.39 is 40.0 Å². The molecule has 0 unspecified atom stereocenters. The zero-order valence-electron chi connectivity index (χ0n) is 20.9. The molecule has 36 heavy (non-hydrogen) atoms. The van der Waals surface area contributed by atoms with E-state index in [2.05, 4.69) is 5.32 Å². The van der Waals surface area contributed by atoms with Gasteiger partial charge in [-0.05, 0) is 58.0 Å². The number of nitrogens with one attached hydrogen (secondary N) is 1. The fraction of sp³-hybridized carbons (Fsp3) is 0.417. The molecule has 0 saturated carbocycles. The molecular weight excluding hydrogens is 549 g/mol. The Morgan fingerprint density at radius 1 is 1.06 bits per heavy atom. The smallest absolute Gasteiger partial charge is 0.244 e. The molecular formula is C24H30Cl3N3O5S. The average Bonchev–Trinajstić information content (AvgIpc) is 2.74. The summed E-state index contributed by atoms with van der Waals surface area (Å²) in [5.74, 6) is -0.708. The van der Waals surface area contributed by atoms with E-state index >= 15 is 0 Å². The van der Waals surface area contributed by atoms with Gasteiger partial charge in [-0.1, -0.05) is 40.9 Å². The van der Waals surface area contributed by atoms with Crippen molar-refractivity contribution in [2.45, 2.75) is 45.8 Å². The number of methoxy groups -OCH3 is 1. The minimum absolute atomic E-state index is 0.114. The van der Waals surface area contributed by atoms with E-state index in [1.807, 2.05) is 20.8 Å². The Morgan fingerprint density at radius 2 is 1.64 bits per heavy atom. The number of rotatable bonds is 9. The van der Waals surface area contributed by atoms with Crippen molar-refractivity contribution < 1.29 is 22.7 Å². The zero-order valence-corrected chi connectivity index (χ0v) is 24.0. The van der Waals surface area contributed by atoms with Gasteiger partial charge in [0, 0.05) is 27.7 Å². The van der Waals surface area contributed by atoms with Gasteiger partial charge in [0.25, 0.3) is 0 Å². The maximum Gasteiger partial charge on any atom is 0.244 e. The summed E-state index contributed by atoms with van der Waals surface area (Å²) in [7, 11) is -2.48. The lowest BCUT2D eigenvalue weighted by Gasteiger charge is -2.33. The first-order valence-corrected chi connectivity index (χ1v) is 13.9. The highest BCUT2D eigenvalue weighted by Crippen LogP contribution is 2.31. The van der Waals surface area contributed by atoms with Crippen molar-refractivity contribution in [3.63, 3.8) is 0 Å². The highest BCUT2D eigenvalue weighted by atomic mass is 35.5. The fourth-order valence-electron chi connectivity index (χ4n) is 3.33. The van der Waals surface area contributed by atoms with Crippen molar-refractivity contribution in [1.29, 1.82) is 0 Å². The number of benzene rings is 2. The largest absolute Gasteiger partial charge is 0.495 e. The van der Waals surface area contributed by atoms with Crippen LogP contribution in [0, 0.1) is 0 Å². The zero-order chi connectivity index (χ0) is 27.4. The number of hydrogen-bond donors (Lipinski definition) is 1. The molecule has 0 spiro atoms. The van der Waals surface area contributed by atoms with Crippen LogP contribution in [0.15, 0.2) is 36.4 Å². The third-order valence-electron chi connectivity index (χ3n) is 5.16. The van der Waals surface area contributed by atoms with E-state index in [4.69, 9.17) is 39.5 Å². The molecule has 1 N–H and O–H groups in total. The molecule has 0 aromatic heterocycles. The van der Waals surface area contributed by atoms with Crippen LogP contribution in [-0.2, 0) is 26.2 Å². The molecule has 2 aromatic rings. The van der Waals surface area contributed by atoms with E-state index in [1.165, 1.54) is 30.2 Å². The summed E-state index contributed by atoms with van der Waals surface area (Å²) in [5.41, 5.74) is 0.0444. The first-order chi connectivity index (χ1) is 16.5. The Hall–Kier alpha value is -2.20. The van der Waals surface area contributed by atoms with Crippen LogP contribution in [0.25, 0.3) is 0 Å². The van der Waals surface area contributed by atoms with Crippen molar-refractivity contribution in [3.8, 4) is 5.75 Å². The lowest BCUT2D eigenvalue weighted by Crippen LogP contribution is -2.54. The van der Waals surface area contributed by atoms with Gasteiger partial charge < -0.3 is 15.0 Å². The predicted molar refractivity (Wildman–Crippen MR) is 145 cm³/mol. The van der Waals surface area contributed by atoms with Gasteiger partial charge >= 0.3 is 0 Å². The van der Waals surface area contributed by atoms with Gasteiger partial charge in [-0.25, -0.2) is 8.42 Å². The van der Waals surface area contributed by atoms with Crippen molar-refractivity contribution in [3.05, 3.63) is 57.0 Å². The molecule has 0 aliphatic heterocycles. The van der Waals surface area contributed by atoms with Crippen molar-refractivity contribution in [2.75, 3.05) is 24.2 Å². The van der Waals surface area contributed by atoms with Crippen LogP contribution in [0.3, 0.4) is 0 Å². The predicted octanol–water partition coefficient (Wildman–Crippen LogP) is 4.75. The van der Waals surface area contributed by atoms with Crippen LogP contribution in [-0.4, -0.2) is 56.6 Å². The molecule has 0 fully saturated rings. The van der Waals surface area contributed by atoms with Crippen LogP contribution in [0.5, 0.6) is 5.75 Å². The lowest BCUT2D eigenvalue weighted by atomic mass is 10.1. The van der Waals surface area contributed by atoms with Crippen molar-refractivity contribution in [1.82, 2.24) is 10.2 Å². The molecule has 8 nitrogen and oxygen atoms in total. The maximum absolute atomic E-state index is 13.6. The van der Waals surface area contributed by atoms with E-state index in [-0.39, 0.29) is 17.3 Å². The molecule has 0 radical (unpaired) electrons. The third-order valence-corrected chi connectivity index (χ3v) is 7.30. The minimum Gasteiger partial charge on any atom is -0.495 e. The molecule has 1 atom stereocenters. The summed E-state index contributed by atoms with van der Waals surface area (Å²) in [4.78, 5) is 27.9. The number of carbonyl (C=O) groups excluding carboxylic acids is 2. The molecule has 0 aliphatic carbocycles. The third kappa shape index (κ3) is 7.90. The van der Waals surface area contributed by atoms with E-state index in [9.17, 15) is 18.0 Å². The molecule has 198 valence electrons. The molecule has 2 aromatic carbocycles. The van der Waals surface area contributed by atoms with Crippen molar-refractivity contribution >= 4 is 62.3 Å². The normalized spacial score (nSPS) is 12.6. The summed E-state index contributed by atoms with van der Waals surface area (Å²) in [6.07, 6.45) is 0.976. The van der Waals surface area contributed by atoms with Gasteiger partial charge in [-0.3, -0.25) is 13.9 Å². The standard InChI is InChI=1S/C24H30Cl3N3O5S/c1-15(23(32)28-24(2,3)4)29(13-17-18(25)8-7-9-19(17)26)22(31)14-30(36(6,33)34)16-10-11-21(35-5)20(27)12-16/h7-12,15H,13-14H2,1-6H3,(H,28,32)/t15-/m0/s1. The van der Waals surface area contributed by atoms with Crippen LogP contribution in [0.2, 0.25) is 15.1 Å². The number of sulfonamides is 1. The summed E-state index contributed by atoms with van der Waals surface area (Å²) in [6.45, 7) is 6.29. The van der Waals surface area contributed by atoms with E-state index in [0.717, 1.165) is 10.6 Å². The van der Waals surface area contributed by atoms with Crippen LogP contribution >= 0.6 is 34.8 Å². The first-order valence-electron chi connectivity index (χ1n) is 10.9. The van der Waals surface area contributed by atoms with Gasteiger partial charge in [0.15, 0.2) is 0 Å². The Kier molecular flexibility index (Phi) is 9.92. The summed E-state index contributed by atoms with van der Waals surface area (Å²) < 4.78 is 31.4. The number of anilines is 1. The molecule has 12 heteroatoms. The summed E-state index contributed by atoms with van der Waals surface area (Å²) >= 11 is 18.9. The Morgan fingerprint density at radius 3 is 2.11 bits per heavy atom. The SMILES string of the molecule is COc1ccc(N(CC(=O)N(Cc2c(Cl)cccc2Cl)[C@@H](C)C(=O)NC(C)(C)C)S(C)(=O)=O)cc1Cl. The van der Waals surface area contributed by atoms with Crippen molar-refractivity contribution in [2.24, 2.45) is 0 Å². The van der Waals surface area contributed by atoms with Gasteiger partial charge in [-0.15, -0.1) is 0 Å². The number of ether oxygens (including phenoxy) is 1. The second-order valence-electron chi connectivity index (χ2n) is 9.23. The highest BCUT2D eigenvalue weighted by Gasteiger charge is 2.32. The second-order valence-corrected chi connectivity index (χ2v) is 12.4. The number of amides is 2. The molecule has 0 bridgehead atoms. The molecule has 0 heterocycles. The number of carbonyl (C=O) groups is 2. The van der Waals surface area contributed by atoms with Gasteiger partial charge in [0.2, 0.25) is 21.8 Å². The summed E-state index contributed by atoms with van der Waals surface area (Å²) in [6, 6.07) is 8.30. The van der Waals surface area contributed by atoms with E-state index in [0.29, 0.717) is 21.4 Å². The number of halogens is 3. The van der Waals surface area contributed by atoms with Gasteiger partial charge in [-0.2, -0.15) is 0 Å². The minimum atomic E-state index is -3.91. The van der Waals surface area contributed by atoms with Crippen LogP contribution < -0.4 is 14.4 Å². The molecule has 0 saturated heterocycles. The lowest BCUT2D eigenvalue weighted by molar-refractivity contribution is -0.140. The molecule has 2 amide bonds. The van der Waals surface area contributed by atoms with Gasteiger partial charge in [0.05, 0.1) is 24.1 Å². The summed E-state index contributed by atoms with van der Waals surface area (Å²) in [5, 5.41) is 3.64. The highest BCUT2D eigenvalue weighted by molar-refractivity contribution is 7.92. The quantitative estimate of drug-likeness (QED) is 0.463. The molecule has 2 rings (SSSR count).